The van der Waals surface area contributed by atoms with E-state index in [-0.39, 0.29) is 24.2 Å². The first-order chi connectivity index (χ1) is 11.2. The maximum atomic E-state index is 12.9. The van der Waals surface area contributed by atoms with Crippen LogP contribution in [0.1, 0.15) is 21.6 Å². The molecule has 0 spiro atoms. The van der Waals surface area contributed by atoms with Gasteiger partial charge >= 0.3 is 6.18 Å². The van der Waals surface area contributed by atoms with Crippen molar-refractivity contribution in [2.75, 3.05) is 0 Å². The highest BCUT2D eigenvalue weighted by Gasteiger charge is 2.33. The summed E-state index contributed by atoms with van der Waals surface area (Å²) in [4.78, 5) is 22.7. The molecule has 1 unspecified atom stereocenters. The largest absolute Gasteiger partial charge is 0.416 e. The van der Waals surface area contributed by atoms with Crippen LogP contribution in [0.4, 0.5) is 13.2 Å². The van der Waals surface area contributed by atoms with Crippen molar-refractivity contribution >= 4 is 5.91 Å². The molecule has 0 fully saturated rings. The lowest BCUT2D eigenvalue weighted by Crippen LogP contribution is -2.31. The van der Waals surface area contributed by atoms with E-state index in [0.29, 0.717) is 0 Å². The zero-order valence-corrected chi connectivity index (χ0v) is 12.3. The van der Waals surface area contributed by atoms with Gasteiger partial charge < -0.3 is 10.8 Å². The number of rotatable bonds is 5. The van der Waals surface area contributed by atoms with E-state index in [1.807, 2.05) is 0 Å². The Morgan fingerprint density at radius 2 is 1.92 bits per heavy atom. The van der Waals surface area contributed by atoms with Crippen molar-refractivity contribution in [1.82, 2.24) is 9.78 Å². The van der Waals surface area contributed by atoms with Crippen LogP contribution < -0.4 is 11.3 Å². The molecule has 2 aromatic rings. The standard InChI is InChI=1S/C15H14F3N3O3/c16-15(17,18)11-4-2-1-3-9(11)7-10(22)8-21-13(23)6-5-12(20-21)14(19)24/h1-6,10,22H,7-8H2,(H2,19,24). The minimum absolute atomic E-state index is 0.100. The fourth-order valence-electron chi connectivity index (χ4n) is 2.20. The number of carbonyl (C=O) groups is 1. The second kappa shape index (κ2) is 6.83. The van der Waals surface area contributed by atoms with Crippen LogP contribution in [0.2, 0.25) is 0 Å². The first-order valence-corrected chi connectivity index (χ1v) is 6.89. The van der Waals surface area contributed by atoms with Gasteiger partial charge in [0.05, 0.1) is 18.2 Å². The minimum atomic E-state index is -4.54. The molecule has 3 N–H and O–H groups in total. The molecule has 0 saturated heterocycles. The number of halogens is 3. The third-order valence-electron chi connectivity index (χ3n) is 3.28. The molecule has 0 aliphatic rings. The van der Waals surface area contributed by atoms with Crippen molar-refractivity contribution in [2.45, 2.75) is 25.2 Å². The van der Waals surface area contributed by atoms with E-state index in [0.717, 1.165) is 22.9 Å². The number of benzene rings is 1. The lowest BCUT2D eigenvalue weighted by molar-refractivity contribution is -0.138. The Morgan fingerprint density at radius 1 is 1.25 bits per heavy atom. The summed E-state index contributed by atoms with van der Waals surface area (Å²) in [5.41, 5.74) is 3.31. The number of hydrogen-bond acceptors (Lipinski definition) is 4. The Bertz CT molecular complexity index is 802. The molecule has 1 aromatic heterocycles. The number of hydrogen-bond donors (Lipinski definition) is 2. The van der Waals surface area contributed by atoms with Gasteiger partial charge in [-0.15, -0.1) is 0 Å². The van der Waals surface area contributed by atoms with E-state index in [9.17, 15) is 27.9 Å². The Hall–Kier alpha value is -2.68. The number of carbonyl (C=O) groups excluding carboxylic acids is 1. The van der Waals surface area contributed by atoms with Gasteiger partial charge in [0, 0.05) is 12.5 Å². The highest BCUT2D eigenvalue weighted by molar-refractivity contribution is 5.90. The first-order valence-electron chi connectivity index (χ1n) is 6.89. The molecule has 1 amide bonds. The molecular weight excluding hydrogens is 327 g/mol. The van der Waals surface area contributed by atoms with Crippen LogP contribution >= 0.6 is 0 Å². The van der Waals surface area contributed by atoms with E-state index in [4.69, 9.17) is 5.73 Å². The summed E-state index contributed by atoms with van der Waals surface area (Å²) in [5, 5.41) is 13.7. The van der Waals surface area contributed by atoms with Crippen LogP contribution in [0, 0.1) is 0 Å². The van der Waals surface area contributed by atoms with Crippen LogP contribution in [0.5, 0.6) is 0 Å². The van der Waals surface area contributed by atoms with Gasteiger partial charge in [0.1, 0.15) is 5.69 Å². The molecule has 128 valence electrons. The van der Waals surface area contributed by atoms with Crippen LogP contribution in [-0.2, 0) is 19.1 Å². The second-order valence-electron chi connectivity index (χ2n) is 5.12. The first kappa shape index (κ1) is 17.7. The normalized spacial score (nSPS) is 12.8. The molecule has 9 heteroatoms. The summed E-state index contributed by atoms with van der Waals surface area (Å²) < 4.78 is 39.6. The molecule has 0 aliphatic heterocycles. The predicted molar refractivity (Wildman–Crippen MR) is 78.2 cm³/mol. The number of aliphatic hydroxyl groups excluding tert-OH is 1. The molecule has 1 heterocycles. The molecule has 1 atom stereocenters. The Morgan fingerprint density at radius 3 is 2.54 bits per heavy atom. The number of nitrogens with zero attached hydrogens (tertiary/aromatic N) is 2. The highest BCUT2D eigenvalue weighted by Crippen LogP contribution is 2.32. The van der Waals surface area contributed by atoms with E-state index in [2.05, 4.69) is 5.10 Å². The lowest BCUT2D eigenvalue weighted by Gasteiger charge is -2.16. The van der Waals surface area contributed by atoms with Crippen molar-refractivity contribution < 1.29 is 23.1 Å². The summed E-state index contributed by atoms with van der Waals surface area (Å²) in [6.45, 7) is -0.369. The lowest BCUT2D eigenvalue weighted by atomic mass is 10.0. The Kier molecular flexibility index (Phi) is 5.03. The number of primary amides is 1. The third-order valence-corrected chi connectivity index (χ3v) is 3.28. The monoisotopic (exact) mass is 341 g/mol. The van der Waals surface area contributed by atoms with Gasteiger partial charge in [-0.2, -0.15) is 18.3 Å². The Balaban J connectivity index is 2.21. The quantitative estimate of drug-likeness (QED) is 0.846. The summed E-state index contributed by atoms with van der Waals surface area (Å²) in [6.07, 6.45) is -6.18. The molecule has 2 rings (SSSR count). The fraction of sp³-hybridized carbons (Fsp3) is 0.267. The maximum Gasteiger partial charge on any atom is 0.416 e. The van der Waals surface area contributed by atoms with Crippen molar-refractivity contribution in [2.24, 2.45) is 5.73 Å². The SMILES string of the molecule is NC(=O)c1ccc(=O)n(CC(O)Cc2ccccc2C(F)(F)F)n1. The molecular formula is C15H14F3N3O3. The highest BCUT2D eigenvalue weighted by atomic mass is 19.4. The second-order valence-corrected chi connectivity index (χ2v) is 5.12. The van der Waals surface area contributed by atoms with Crippen molar-refractivity contribution in [1.29, 1.82) is 0 Å². The van der Waals surface area contributed by atoms with Gasteiger partial charge in [0.2, 0.25) is 0 Å². The van der Waals surface area contributed by atoms with E-state index >= 15 is 0 Å². The van der Waals surface area contributed by atoms with Crippen LogP contribution in [0.3, 0.4) is 0 Å². The summed E-state index contributed by atoms with van der Waals surface area (Å²) in [5.74, 6) is -0.861. The predicted octanol–water partition coefficient (Wildman–Crippen LogP) is 0.965. The summed E-state index contributed by atoms with van der Waals surface area (Å²) in [6, 6.07) is 7.02. The van der Waals surface area contributed by atoms with Gasteiger partial charge in [0.25, 0.3) is 11.5 Å². The third kappa shape index (κ3) is 4.19. The van der Waals surface area contributed by atoms with Gasteiger partial charge in [-0.05, 0) is 17.7 Å². The zero-order chi connectivity index (χ0) is 17.9. The number of amides is 1. The minimum Gasteiger partial charge on any atom is -0.391 e. The van der Waals surface area contributed by atoms with Crippen molar-refractivity contribution in [3.8, 4) is 0 Å². The van der Waals surface area contributed by atoms with Gasteiger partial charge in [-0.25, -0.2) is 4.68 Å². The molecule has 1 aromatic carbocycles. The molecule has 0 aliphatic carbocycles. The topological polar surface area (TPSA) is 98.2 Å². The van der Waals surface area contributed by atoms with Crippen molar-refractivity contribution in [3.05, 3.63) is 63.6 Å². The summed E-state index contributed by atoms with van der Waals surface area (Å²) in [7, 11) is 0. The molecule has 0 bridgehead atoms. The zero-order valence-electron chi connectivity index (χ0n) is 12.3. The Labute approximate surface area is 134 Å². The number of nitrogens with two attached hydrogens (primary N) is 1. The summed E-state index contributed by atoms with van der Waals surface area (Å²) >= 11 is 0. The van der Waals surface area contributed by atoms with E-state index in [1.54, 1.807) is 0 Å². The van der Waals surface area contributed by atoms with Crippen LogP contribution in [-0.4, -0.2) is 26.9 Å². The molecule has 0 radical (unpaired) electrons. The van der Waals surface area contributed by atoms with Crippen molar-refractivity contribution in [3.63, 3.8) is 0 Å². The number of alkyl halides is 3. The molecule has 6 nitrogen and oxygen atoms in total. The van der Waals surface area contributed by atoms with E-state index < -0.39 is 29.3 Å². The van der Waals surface area contributed by atoms with Crippen LogP contribution in [0.15, 0.2) is 41.2 Å². The number of aliphatic hydroxyl groups is 1. The molecule has 24 heavy (non-hydrogen) atoms. The molecule has 0 saturated carbocycles. The van der Waals surface area contributed by atoms with E-state index in [1.165, 1.54) is 18.2 Å². The maximum absolute atomic E-state index is 12.9. The number of aromatic nitrogens is 2. The smallest absolute Gasteiger partial charge is 0.391 e. The fourth-order valence-corrected chi connectivity index (χ4v) is 2.20. The van der Waals surface area contributed by atoms with Crippen LogP contribution in [0.25, 0.3) is 0 Å². The van der Waals surface area contributed by atoms with Gasteiger partial charge in [-0.1, -0.05) is 18.2 Å². The average molecular weight is 341 g/mol. The van der Waals surface area contributed by atoms with Gasteiger partial charge in [0.15, 0.2) is 0 Å². The van der Waals surface area contributed by atoms with Gasteiger partial charge in [-0.3, -0.25) is 9.59 Å². The average Bonchev–Trinajstić information content (AvgIpc) is 2.48.